The second-order valence-electron chi connectivity index (χ2n) is 24.7. The van der Waals surface area contributed by atoms with Gasteiger partial charge in [-0.15, -0.1) is 0 Å². The molecule has 0 rings (SSSR count). The van der Waals surface area contributed by atoms with Gasteiger partial charge in [0.1, 0.15) is 0 Å². The molecule has 6 nitrogen and oxygen atoms in total. The molecule has 0 saturated heterocycles. The minimum atomic E-state index is -0.645. The Labute approximate surface area is 543 Å². The molecule has 0 bridgehead atoms. The summed E-state index contributed by atoms with van der Waals surface area (Å²) < 4.78 is 1.46. The van der Waals surface area contributed by atoms with Crippen LogP contribution in [0.15, 0.2) is 0 Å². The molecular formula is C72H145O6S3Sn. The number of aliphatic carboxylic acids is 3. The van der Waals surface area contributed by atoms with E-state index < -0.39 is 17.9 Å². The predicted molar refractivity (Wildman–Crippen MR) is 376 cm³/mol. The van der Waals surface area contributed by atoms with Crippen LogP contribution in [0.1, 0.15) is 400 Å². The van der Waals surface area contributed by atoms with Gasteiger partial charge in [-0.3, -0.25) is 14.4 Å². The summed E-state index contributed by atoms with van der Waals surface area (Å²) in [6.45, 7) is 9.10. The van der Waals surface area contributed by atoms with Crippen LogP contribution in [-0.4, -0.2) is 73.0 Å². The maximum atomic E-state index is 11.0. The Bertz CT molecular complexity index is 1060. The Morgan fingerprint density at radius 2 is 0.378 bits per heavy atom. The molecule has 0 aromatic rings. The number of carboxylic acid groups (broad SMARTS) is 3. The van der Waals surface area contributed by atoms with E-state index in [2.05, 4.69) is 65.6 Å². The van der Waals surface area contributed by atoms with Crippen LogP contribution in [0.3, 0.4) is 0 Å². The molecule has 10 heteroatoms. The number of unbranched alkanes of at least 4 members (excludes halogenated alkanes) is 48. The van der Waals surface area contributed by atoms with Crippen molar-refractivity contribution >= 4 is 78.3 Å². The number of hydrogen-bond acceptors (Lipinski definition) is 6. The zero-order chi connectivity index (χ0) is 61.3. The van der Waals surface area contributed by atoms with Crippen LogP contribution >= 0.6 is 37.9 Å². The Morgan fingerprint density at radius 1 is 0.244 bits per heavy atom. The number of thiol groups is 3. The molecular weight excluding hydrogens is 1180 g/mol. The molecule has 0 fully saturated rings. The fourth-order valence-electron chi connectivity index (χ4n) is 11.0. The molecule has 0 aliphatic carbocycles. The molecule has 0 heterocycles. The summed E-state index contributed by atoms with van der Waals surface area (Å²) in [6, 6.07) is 0. The summed E-state index contributed by atoms with van der Waals surface area (Å²) in [5.74, 6) is -0.434. The van der Waals surface area contributed by atoms with Crippen molar-refractivity contribution in [1.82, 2.24) is 0 Å². The van der Waals surface area contributed by atoms with Gasteiger partial charge in [-0.1, -0.05) is 290 Å². The topological polar surface area (TPSA) is 112 Å². The van der Waals surface area contributed by atoms with Gasteiger partial charge in [0, 0.05) is 0 Å². The summed E-state index contributed by atoms with van der Waals surface area (Å²) in [5, 5.41) is 27.2. The third kappa shape index (κ3) is 80.3. The fourth-order valence-corrected chi connectivity index (χ4v) is 12.7. The van der Waals surface area contributed by atoms with Crippen molar-refractivity contribution in [2.24, 2.45) is 17.8 Å². The Hall–Kier alpha value is 0.259. The van der Waals surface area contributed by atoms with Crippen LogP contribution < -0.4 is 0 Å². The molecule has 0 spiro atoms. The molecule has 0 aromatic carbocycles. The van der Waals surface area contributed by atoms with E-state index >= 15 is 0 Å². The first-order valence-electron chi connectivity index (χ1n) is 36.2. The monoisotopic (exact) mass is 1320 g/mol. The Morgan fingerprint density at radius 3 is 0.500 bits per heavy atom. The Kier molecular flexibility index (Phi) is 87.9. The summed E-state index contributed by atoms with van der Waals surface area (Å²) in [6.07, 6.45) is 75.8. The van der Waals surface area contributed by atoms with Gasteiger partial charge in [-0.2, -0.15) is 37.9 Å². The molecule has 3 N–H and O–H groups in total. The van der Waals surface area contributed by atoms with E-state index in [-0.39, 0.29) is 17.8 Å². The van der Waals surface area contributed by atoms with Gasteiger partial charge >= 0.3 is 116 Å². The molecule has 0 aliphatic heterocycles. The number of hydrogen-bond donors (Lipinski definition) is 6. The van der Waals surface area contributed by atoms with Gasteiger partial charge in [0.2, 0.25) is 0 Å². The standard InChI is InChI=1S/3C20H40O2S.C12H25.Sn/c3*1-2-3-4-5-6-7-8-9-10-11-12-13-14-15-16-19(17-18-23)20(21)22;1-3-5-7-9-11-12-10-8-6-4-2;/h3*19,23H,2-18H2,1H3,(H,21,22);1,3-12H2,2H3;. The minimum absolute atomic E-state index is 0.176. The summed E-state index contributed by atoms with van der Waals surface area (Å²) in [5.41, 5.74) is 0. The van der Waals surface area contributed by atoms with E-state index in [1.54, 1.807) is 22.5 Å². The summed E-state index contributed by atoms with van der Waals surface area (Å²) >= 11 is 14.1. The third-order valence-electron chi connectivity index (χ3n) is 16.7. The summed E-state index contributed by atoms with van der Waals surface area (Å²) in [4.78, 5) is 33.1. The van der Waals surface area contributed by atoms with E-state index in [9.17, 15) is 14.4 Å². The molecule has 82 heavy (non-hydrogen) atoms. The quantitative estimate of drug-likeness (QED) is 0.0206. The van der Waals surface area contributed by atoms with Gasteiger partial charge in [0.25, 0.3) is 0 Å². The van der Waals surface area contributed by atoms with Gasteiger partial charge in [0.15, 0.2) is 0 Å². The summed E-state index contributed by atoms with van der Waals surface area (Å²) in [7, 11) is 0. The second kappa shape index (κ2) is 81.3. The van der Waals surface area contributed by atoms with Crippen molar-refractivity contribution in [2.45, 2.75) is 405 Å². The molecule has 3 atom stereocenters. The van der Waals surface area contributed by atoms with E-state index in [0.717, 1.165) is 38.5 Å². The van der Waals surface area contributed by atoms with Crippen LogP contribution in [0.25, 0.3) is 0 Å². The average molecular weight is 1320 g/mol. The SMILES string of the molecule is CCCCCCCCCCCCCCCCC(CCS)C(=O)O.CCCCCCCCCCCCCCCCC(CCS)C(=O)O.CCCCCCCCCCCCCCCCC(CCS)C(=O)O.CCCCCCCCCCC[CH2][Sn]. The van der Waals surface area contributed by atoms with E-state index in [1.165, 1.54) is 319 Å². The van der Waals surface area contributed by atoms with Crippen LogP contribution in [0.5, 0.6) is 0 Å². The van der Waals surface area contributed by atoms with Crippen molar-refractivity contribution in [3.05, 3.63) is 0 Å². The second-order valence-corrected chi connectivity index (χ2v) is 27.5. The van der Waals surface area contributed by atoms with Crippen LogP contribution in [0.4, 0.5) is 0 Å². The number of rotatable bonds is 64. The van der Waals surface area contributed by atoms with Gasteiger partial charge < -0.3 is 15.3 Å². The van der Waals surface area contributed by atoms with E-state index in [4.69, 9.17) is 15.3 Å². The molecule has 3 radical (unpaired) electrons. The van der Waals surface area contributed by atoms with Gasteiger partial charge in [-0.05, 0) is 55.8 Å². The first-order chi connectivity index (χ1) is 40.1. The number of carboxylic acids is 3. The zero-order valence-electron chi connectivity index (χ0n) is 55.5. The molecule has 0 aliphatic rings. The van der Waals surface area contributed by atoms with E-state index in [1.807, 2.05) is 0 Å². The van der Waals surface area contributed by atoms with Crippen molar-refractivity contribution in [2.75, 3.05) is 17.3 Å². The maximum absolute atomic E-state index is 11.0. The predicted octanol–water partition coefficient (Wildman–Crippen LogP) is 25.1. The first kappa shape index (κ1) is 88.7. The normalized spacial score (nSPS) is 12.1. The molecule has 0 aromatic heterocycles. The fraction of sp³-hybridized carbons (Fsp3) is 0.958. The molecule has 491 valence electrons. The van der Waals surface area contributed by atoms with Crippen LogP contribution in [-0.2, 0) is 14.4 Å². The van der Waals surface area contributed by atoms with Crippen LogP contribution in [0, 0.1) is 17.8 Å². The third-order valence-corrected chi connectivity index (χ3v) is 18.5. The molecule has 0 amide bonds. The van der Waals surface area contributed by atoms with Crippen molar-refractivity contribution < 1.29 is 29.7 Å². The van der Waals surface area contributed by atoms with Crippen molar-refractivity contribution in [3.63, 3.8) is 0 Å². The van der Waals surface area contributed by atoms with Crippen LogP contribution in [0.2, 0.25) is 4.44 Å². The van der Waals surface area contributed by atoms with E-state index in [0.29, 0.717) is 36.5 Å². The zero-order valence-corrected chi connectivity index (χ0v) is 61.0. The number of carbonyl (C=O) groups is 3. The average Bonchev–Trinajstić information content (AvgIpc) is 3.46. The Balaban J connectivity index is -0.000000504. The molecule has 0 saturated carbocycles. The van der Waals surface area contributed by atoms with Crippen molar-refractivity contribution in [3.8, 4) is 0 Å². The first-order valence-corrected chi connectivity index (χ1v) is 40.1. The van der Waals surface area contributed by atoms with Crippen molar-refractivity contribution in [1.29, 1.82) is 0 Å². The van der Waals surface area contributed by atoms with Gasteiger partial charge in [-0.25, -0.2) is 0 Å². The van der Waals surface area contributed by atoms with Gasteiger partial charge in [0.05, 0.1) is 17.8 Å². The molecule has 3 unspecified atom stereocenters.